The Morgan fingerprint density at radius 3 is 1.95 bits per heavy atom. The summed E-state index contributed by atoms with van der Waals surface area (Å²) in [6.45, 7) is 4.84. The molecule has 0 aliphatic rings. The molecule has 3 aromatic rings. The van der Waals surface area contributed by atoms with E-state index in [0.717, 1.165) is 16.7 Å². The number of amides is 3. The van der Waals surface area contributed by atoms with Gasteiger partial charge in [-0.2, -0.15) is 0 Å². The molecule has 0 bridgehead atoms. The monoisotopic (exact) mass is 598 g/mol. The van der Waals surface area contributed by atoms with E-state index in [4.69, 9.17) is 33.7 Å². The molecule has 0 fully saturated rings. The summed E-state index contributed by atoms with van der Waals surface area (Å²) in [4.78, 5) is 39.2. The molecule has 0 spiro atoms. The van der Waals surface area contributed by atoms with Crippen LogP contribution >= 0.6 is 23.2 Å². The van der Waals surface area contributed by atoms with Crippen LogP contribution in [0.1, 0.15) is 42.5 Å². The Bertz CT molecular complexity index is 1320. The summed E-state index contributed by atoms with van der Waals surface area (Å²) in [6.07, 6.45) is 0.611. The predicted molar refractivity (Wildman–Crippen MR) is 162 cm³/mol. The molecule has 3 rings (SSSR count). The van der Waals surface area contributed by atoms with Crippen LogP contribution in [-0.4, -0.2) is 36.4 Å². The molecule has 0 saturated heterocycles. The van der Waals surface area contributed by atoms with Gasteiger partial charge in [0.15, 0.2) is 0 Å². The predicted octanol–water partition coefficient (Wildman–Crippen LogP) is 4.33. The number of carbonyl (C=O) groups excluding carboxylic acids is 3. The second-order valence-corrected chi connectivity index (χ2v) is 10.3. The van der Waals surface area contributed by atoms with Crippen LogP contribution in [0.5, 0.6) is 5.75 Å². The Labute approximate surface area is 250 Å². The van der Waals surface area contributed by atoms with E-state index in [9.17, 15) is 14.4 Å². The van der Waals surface area contributed by atoms with Gasteiger partial charge >= 0.3 is 0 Å². The largest absolute Gasteiger partial charge is 0.494 e. The Balaban J connectivity index is 1.79. The first-order valence-corrected chi connectivity index (χ1v) is 14.3. The quantitative estimate of drug-likeness (QED) is 0.220. The zero-order chi connectivity index (χ0) is 29.8. The van der Waals surface area contributed by atoms with Crippen molar-refractivity contribution < 1.29 is 19.1 Å². The van der Waals surface area contributed by atoms with Gasteiger partial charge < -0.3 is 26.4 Å². The first kappa shape index (κ1) is 31.9. The number of nitrogens with one attached hydrogen (secondary N) is 3. The van der Waals surface area contributed by atoms with Crippen LogP contribution in [0.3, 0.4) is 0 Å². The van der Waals surface area contributed by atoms with Crippen molar-refractivity contribution in [1.82, 2.24) is 16.0 Å². The fourth-order valence-electron chi connectivity index (χ4n) is 4.12. The van der Waals surface area contributed by atoms with Gasteiger partial charge in [0, 0.05) is 32.4 Å². The maximum Gasteiger partial charge on any atom is 0.243 e. The van der Waals surface area contributed by atoms with E-state index in [0.29, 0.717) is 34.5 Å². The van der Waals surface area contributed by atoms with Crippen molar-refractivity contribution in [3.63, 3.8) is 0 Å². The number of rotatable bonds is 14. The molecule has 3 amide bonds. The van der Waals surface area contributed by atoms with Crippen molar-refractivity contribution >= 4 is 40.9 Å². The van der Waals surface area contributed by atoms with E-state index in [1.165, 1.54) is 0 Å². The average Bonchev–Trinajstić information content (AvgIpc) is 2.98. The number of halogens is 2. The van der Waals surface area contributed by atoms with Gasteiger partial charge in [0.2, 0.25) is 17.7 Å². The van der Waals surface area contributed by atoms with Gasteiger partial charge in [0.1, 0.15) is 17.8 Å². The molecule has 0 aromatic heterocycles. The van der Waals surface area contributed by atoms with Gasteiger partial charge in [-0.25, -0.2) is 0 Å². The summed E-state index contributed by atoms with van der Waals surface area (Å²) in [7, 11) is 0. The maximum absolute atomic E-state index is 13.5. The van der Waals surface area contributed by atoms with E-state index in [1.807, 2.05) is 55.5 Å². The SMILES string of the molecule is CCOc1ccc(CC(NC(=O)CC)C(=O)NC(Cc2ccc(Cl)c(Cl)c2)C(=O)NCc2ccc(CN)cc2)cc1. The maximum atomic E-state index is 13.5. The zero-order valence-corrected chi connectivity index (χ0v) is 24.7. The summed E-state index contributed by atoms with van der Waals surface area (Å²) in [5.41, 5.74) is 9.09. The lowest BCUT2D eigenvalue weighted by molar-refractivity contribution is -0.132. The molecule has 2 unspecified atom stereocenters. The van der Waals surface area contributed by atoms with Crippen molar-refractivity contribution in [2.24, 2.45) is 5.73 Å². The van der Waals surface area contributed by atoms with Crippen LogP contribution in [-0.2, 0) is 40.3 Å². The lowest BCUT2D eigenvalue weighted by Crippen LogP contribution is -2.55. The van der Waals surface area contributed by atoms with Crippen molar-refractivity contribution in [2.75, 3.05) is 6.61 Å². The molecule has 0 radical (unpaired) electrons. The van der Waals surface area contributed by atoms with Crippen LogP contribution in [0.4, 0.5) is 0 Å². The molecule has 218 valence electrons. The van der Waals surface area contributed by atoms with Gasteiger partial charge in [0.05, 0.1) is 16.7 Å². The standard InChI is InChI=1S/C31H36Cl2N4O4/c1-3-29(38)36-28(16-20-9-12-24(13-10-20)41-4-2)31(40)37-27(17-23-11-14-25(32)26(33)15-23)30(39)35-19-22-7-5-21(18-34)6-8-22/h5-15,27-28H,3-4,16-19,34H2,1-2H3,(H,35,39)(H,36,38)(H,37,40). The highest BCUT2D eigenvalue weighted by atomic mass is 35.5. The van der Waals surface area contributed by atoms with Crippen molar-refractivity contribution in [3.05, 3.63) is 99.0 Å². The Kier molecular flexibility index (Phi) is 12.5. The Morgan fingerprint density at radius 1 is 0.756 bits per heavy atom. The second-order valence-electron chi connectivity index (χ2n) is 9.51. The number of nitrogens with two attached hydrogens (primary N) is 1. The topological polar surface area (TPSA) is 123 Å². The third-order valence-electron chi connectivity index (χ3n) is 6.43. The number of carbonyl (C=O) groups is 3. The molecule has 5 N–H and O–H groups in total. The lowest BCUT2D eigenvalue weighted by atomic mass is 10.0. The second kappa shape index (κ2) is 16.0. The van der Waals surface area contributed by atoms with Crippen LogP contribution in [0.2, 0.25) is 10.0 Å². The van der Waals surface area contributed by atoms with Gasteiger partial charge in [-0.15, -0.1) is 0 Å². The fourth-order valence-corrected chi connectivity index (χ4v) is 4.44. The molecule has 10 heteroatoms. The first-order chi connectivity index (χ1) is 19.7. The molecule has 8 nitrogen and oxygen atoms in total. The average molecular weight is 600 g/mol. The van der Waals surface area contributed by atoms with Gasteiger partial charge in [-0.3, -0.25) is 14.4 Å². The summed E-state index contributed by atoms with van der Waals surface area (Å²) in [5.74, 6) is -0.421. The van der Waals surface area contributed by atoms with Crippen molar-refractivity contribution in [3.8, 4) is 5.75 Å². The summed E-state index contributed by atoms with van der Waals surface area (Å²) in [6, 6.07) is 18.1. The van der Waals surface area contributed by atoms with E-state index in [1.54, 1.807) is 25.1 Å². The molecular formula is C31H36Cl2N4O4. The van der Waals surface area contributed by atoms with E-state index in [2.05, 4.69) is 16.0 Å². The third kappa shape index (κ3) is 10.1. The van der Waals surface area contributed by atoms with Crippen LogP contribution in [0.15, 0.2) is 66.7 Å². The van der Waals surface area contributed by atoms with E-state index in [-0.39, 0.29) is 37.6 Å². The highest BCUT2D eigenvalue weighted by Crippen LogP contribution is 2.23. The highest BCUT2D eigenvalue weighted by molar-refractivity contribution is 6.42. The smallest absolute Gasteiger partial charge is 0.243 e. The number of ether oxygens (including phenoxy) is 1. The molecule has 0 heterocycles. The molecule has 2 atom stereocenters. The Morgan fingerprint density at radius 2 is 1.34 bits per heavy atom. The molecule has 0 aliphatic carbocycles. The molecule has 0 aliphatic heterocycles. The van der Waals surface area contributed by atoms with Gasteiger partial charge in [-0.05, 0) is 53.4 Å². The molecular weight excluding hydrogens is 563 g/mol. The number of hydrogen-bond donors (Lipinski definition) is 4. The number of benzene rings is 3. The van der Waals surface area contributed by atoms with Gasteiger partial charge in [0.25, 0.3) is 0 Å². The van der Waals surface area contributed by atoms with Gasteiger partial charge in [-0.1, -0.05) is 72.6 Å². The fraction of sp³-hybridized carbons (Fsp3) is 0.323. The number of hydrogen-bond acceptors (Lipinski definition) is 5. The zero-order valence-electron chi connectivity index (χ0n) is 23.2. The Hall–Kier alpha value is -3.59. The molecule has 41 heavy (non-hydrogen) atoms. The summed E-state index contributed by atoms with van der Waals surface area (Å²) >= 11 is 12.3. The molecule has 3 aromatic carbocycles. The summed E-state index contributed by atoms with van der Waals surface area (Å²) < 4.78 is 5.50. The van der Waals surface area contributed by atoms with Crippen LogP contribution in [0.25, 0.3) is 0 Å². The van der Waals surface area contributed by atoms with Crippen molar-refractivity contribution in [1.29, 1.82) is 0 Å². The summed E-state index contributed by atoms with van der Waals surface area (Å²) in [5, 5.41) is 9.27. The first-order valence-electron chi connectivity index (χ1n) is 13.5. The minimum atomic E-state index is -0.940. The van der Waals surface area contributed by atoms with Crippen LogP contribution in [0, 0.1) is 0 Å². The minimum Gasteiger partial charge on any atom is -0.494 e. The lowest BCUT2D eigenvalue weighted by Gasteiger charge is -2.24. The minimum absolute atomic E-state index is 0.165. The molecule has 0 saturated carbocycles. The highest BCUT2D eigenvalue weighted by Gasteiger charge is 2.27. The normalized spacial score (nSPS) is 12.2. The third-order valence-corrected chi connectivity index (χ3v) is 7.17. The van der Waals surface area contributed by atoms with E-state index >= 15 is 0 Å². The van der Waals surface area contributed by atoms with Crippen LogP contribution < -0.4 is 26.4 Å². The van der Waals surface area contributed by atoms with E-state index < -0.39 is 18.0 Å². The van der Waals surface area contributed by atoms with Crippen molar-refractivity contribution in [2.45, 2.75) is 58.3 Å².